The summed E-state index contributed by atoms with van der Waals surface area (Å²) in [6.45, 7) is 6.28. The van der Waals surface area contributed by atoms with E-state index < -0.39 is 0 Å². The molecule has 0 atom stereocenters. The molecule has 3 heteroatoms. The van der Waals surface area contributed by atoms with E-state index in [4.69, 9.17) is 4.42 Å². The minimum atomic E-state index is 0.329. The van der Waals surface area contributed by atoms with E-state index in [2.05, 4.69) is 66.0 Å². The van der Waals surface area contributed by atoms with Crippen LogP contribution in [0.3, 0.4) is 0 Å². The first-order chi connectivity index (χ1) is 7.58. The number of aryl methyl sites for hydroxylation is 1. The number of hydrogen-bond donors (Lipinski definition) is 0. The molecule has 1 aromatic carbocycles. The van der Waals surface area contributed by atoms with E-state index in [1.165, 1.54) is 5.56 Å². The van der Waals surface area contributed by atoms with Crippen LogP contribution in [0.25, 0.3) is 11.3 Å². The Hall–Kier alpha value is -1.09. The van der Waals surface area contributed by atoms with Crippen LogP contribution >= 0.6 is 15.9 Å². The van der Waals surface area contributed by atoms with Crippen molar-refractivity contribution in [1.82, 2.24) is 4.98 Å². The van der Waals surface area contributed by atoms with Crippen molar-refractivity contribution in [3.63, 3.8) is 0 Å². The summed E-state index contributed by atoms with van der Waals surface area (Å²) in [6.07, 6.45) is 0. The second-order valence-electron chi connectivity index (χ2n) is 4.20. The summed E-state index contributed by atoms with van der Waals surface area (Å²) in [5, 5.41) is 0. The van der Waals surface area contributed by atoms with Crippen molar-refractivity contribution >= 4 is 15.9 Å². The van der Waals surface area contributed by atoms with Crippen LogP contribution in [-0.2, 0) is 0 Å². The highest BCUT2D eigenvalue weighted by molar-refractivity contribution is 9.10. The van der Waals surface area contributed by atoms with Crippen molar-refractivity contribution < 1.29 is 4.42 Å². The Labute approximate surface area is 104 Å². The Kier molecular flexibility index (Phi) is 3.15. The van der Waals surface area contributed by atoms with Gasteiger partial charge >= 0.3 is 0 Å². The predicted molar refractivity (Wildman–Crippen MR) is 68.5 cm³/mol. The maximum Gasteiger partial charge on any atom is 0.264 e. The molecule has 0 fully saturated rings. The Bertz CT molecular complexity index is 485. The Morgan fingerprint density at radius 1 is 1.19 bits per heavy atom. The van der Waals surface area contributed by atoms with Crippen molar-refractivity contribution in [3.05, 3.63) is 40.4 Å². The summed E-state index contributed by atoms with van der Waals surface area (Å²) in [6, 6.07) is 8.32. The first-order valence-electron chi connectivity index (χ1n) is 5.31. The van der Waals surface area contributed by atoms with Crippen LogP contribution < -0.4 is 0 Å². The van der Waals surface area contributed by atoms with Gasteiger partial charge in [-0.15, -0.1) is 0 Å². The van der Waals surface area contributed by atoms with Crippen molar-refractivity contribution in [3.8, 4) is 11.3 Å². The van der Waals surface area contributed by atoms with Crippen LogP contribution in [0.4, 0.5) is 0 Å². The Morgan fingerprint density at radius 2 is 1.81 bits per heavy atom. The third kappa shape index (κ3) is 2.19. The first-order valence-corrected chi connectivity index (χ1v) is 6.10. The van der Waals surface area contributed by atoms with E-state index in [-0.39, 0.29) is 0 Å². The molecule has 0 radical (unpaired) electrons. The highest BCUT2D eigenvalue weighted by Gasteiger charge is 2.16. The van der Waals surface area contributed by atoms with Crippen LogP contribution in [0.15, 0.2) is 33.5 Å². The molecule has 0 N–H and O–H groups in total. The molecule has 0 saturated heterocycles. The van der Waals surface area contributed by atoms with Crippen LogP contribution in [0.2, 0.25) is 0 Å². The van der Waals surface area contributed by atoms with Crippen molar-refractivity contribution in [2.45, 2.75) is 26.7 Å². The fourth-order valence-corrected chi connectivity index (χ4v) is 1.97. The lowest BCUT2D eigenvalue weighted by molar-refractivity contribution is 0.461. The van der Waals surface area contributed by atoms with Crippen molar-refractivity contribution in [2.75, 3.05) is 0 Å². The average Bonchev–Trinajstić information content (AvgIpc) is 2.61. The topological polar surface area (TPSA) is 26.0 Å². The summed E-state index contributed by atoms with van der Waals surface area (Å²) in [5.74, 6) is 1.26. The van der Waals surface area contributed by atoms with Gasteiger partial charge in [-0.05, 0) is 6.92 Å². The predicted octanol–water partition coefficient (Wildman–Crippen LogP) is 4.54. The third-order valence-electron chi connectivity index (χ3n) is 2.48. The largest absolute Gasteiger partial charge is 0.435 e. The Morgan fingerprint density at radius 3 is 2.38 bits per heavy atom. The number of benzene rings is 1. The van der Waals surface area contributed by atoms with Gasteiger partial charge in [-0.2, -0.15) is 0 Å². The van der Waals surface area contributed by atoms with Crippen LogP contribution in [0, 0.1) is 6.92 Å². The van der Waals surface area contributed by atoms with Crippen LogP contribution in [0.1, 0.15) is 31.1 Å². The van der Waals surface area contributed by atoms with E-state index in [1.54, 1.807) is 0 Å². The van der Waals surface area contributed by atoms with E-state index in [0.29, 0.717) is 10.7 Å². The Balaban J connectivity index is 2.50. The van der Waals surface area contributed by atoms with Gasteiger partial charge in [-0.1, -0.05) is 43.7 Å². The van der Waals surface area contributed by atoms with Crippen LogP contribution in [-0.4, -0.2) is 4.98 Å². The third-order valence-corrected chi connectivity index (χ3v) is 2.82. The SMILES string of the molecule is Cc1ccc(-c2nc(Br)oc2C(C)C)cc1. The molecule has 16 heavy (non-hydrogen) atoms. The molecule has 1 aromatic heterocycles. The monoisotopic (exact) mass is 279 g/mol. The van der Waals surface area contributed by atoms with E-state index in [0.717, 1.165) is 17.0 Å². The lowest BCUT2D eigenvalue weighted by atomic mass is 10.0. The first kappa shape index (κ1) is 11.4. The van der Waals surface area contributed by atoms with Gasteiger partial charge in [0.15, 0.2) is 0 Å². The van der Waals surface area contributed by atoms with E-state index in [9.17, 15) is 0 Å². The molecule has 0 saturated carbocycles. The zero-order valence-corrected chi connectivity index (χ0v) is 11.2. The molecule has 0 unspecified atom stereocenters. The van der Waals surface area contributed by atoms with Gasteiger partial charge in [0.05, 0.1) is 0 Å². The molecule has 2 aromatic rings. The average molecular weight is 280 g/mol. The second-order valence-corrected chi connectivity index (χ2v) is 4.88. The molecule has 0 aliphatic carbocycles. The summed E-state index contributed by atoms with van der Waals surface area (Å²) < 4.78 is 5.57. The molecule has 2 rings (SSSR count). The normalized spacial score (nSPS) is 11.1. The van der Waals surface area contributed by atoms with E-state index in [1.807, 2.05) is 0 Å². The number of rotatable bonds is 2. The number of aromatic nitrogens is 1. The van der Waals surface area contributed by atoms with Gasteiger partial charge < -0.3 is 4.42 Å². The summed E-state index contributed by atoms with van der Waals surface area (Å²) in [5.41, 5.74) is 3.28. The lowest BCUT2D eigenvalue weighted by Crippen LogP contribution is -1.89. The standard InChI is InChI=1S/C13H14BrNO/c1-8(2)12-11(15-13(14)16-12)10-6-4-9(3)5-7-10/h4-8H,1-3H3. The lowest BCUT2D eigenvalue weighted by Gasteiger charge is -2.03. The fraction of sp³-hybridized carbons (Fsp3) is 0.308. The summed E-state index contributed by atoms with van der Waals surface area (Å²) >= 11 is 3.29. The maximum absolute atomic E-state index is 5.57. The minimum absolute atomic E-state index is 0.329. The highest BCUT2D eigenvalue weighted by atomic mass is 79.9. The van der Waals surface area contributed by atoms with Crippen LogP contribution in [0.5, 0.6) is 0 Å². The van der Waals surface area contributed by atoms with E-state index >= 15 is 0 Å². The molecule has 84 valence electrons. The van der Waals surface area contributed by atoms with Gasteiger partial charge in [0.1, 0.15) is 11.5 Å². The molecular weight excluding hydrogens is 266 g/mol. The molecule has 0 spiro atoms. The molecule has 2 nitrogen and oxygen atoms in total. The number of nitrogens with zero attached hydrogens (tertiary/aromatic N) is 1. The van der Waals surface area contributed by atoms with Gasteiger partial charge in [0, 0.05) is 27.4 Å². The zero-order chi connectivity index (χ0) is 11.7. The number of hydrogen-bond acceptors (Lipinski definition) is 2. The van der Waals surface area contributed by atoms with Crippen molar-refractivity contribution in [1.29, 1.82) is 0 Å². The maximum atomic E-state index is 5.57. The smallest absolute Gasteiger partial charge is 0.264 e. The number of oxazole rings is 1. The summed E-state index contributed by atoms with van der Waals surface area (Å²) in [4.78, 5) is 4.93. The number of halogens is 1. The fourth-order valence-electron chi connectivity index (χ4n) is 1.61. The van der Waals surface area contributed by atoms with Gasteiger partial charge in [-0.25, -0.2) is 4.98 Å². The molecule has 0 amide bonds. The second kappa shape index (κ2) is 4.42. The quantitative estimate of drug-likeness (QED) is 0.807. The van der Waals surface area contributed by atoms with Crippen molar-refractivity contribution in [2.24, 2.45) is 0 Å². The summed E-state index contributed by atoms with van der Waals surface area (Å²) in [7, 11) is 0. The zero-order valence-electron chi connectivity index (χ0n) is 9.62. The molecule has 0 aliphatic heterocycles. The van der Waals surface area contributed by atoms with Gasteiger partial charge in [0.2, 0.25) is 0 Å². The minimum Gasteiger partial charge on any atom is -0.435 e. The molecule has 0 aliphatic rings. The molecule has 0 bridgehead atoms. The van der Waals surface area contributed by atoms with Gasteiger partial charge in [-0.3, -0.25) is 0 Å². The molecule has 1 heterocycles. The van der Waals surface area contributed by atoms with Gasteiger partial charge in [0.25, 0.3) is 4.80 Å². The molecular formula is C13H14BrNO. The highest BCUT2D eigenvalue weighted by Crippen LogP contribution is 2.31.